The molecule has 0 fully saturated rings. The first-order chi connectivity index (χ1) is 18.8. The summed E-state index contributed by atoms with van der Waals surface area (Å²) in [4.78, 5) is 27.3. The highest BCUT2D eigenvalue weighted by Gasteiger charge is 2.23. The molecule has 6 heteroatoms. The summed E-state index contributed by atoms with van der Waals surface area (Å²) in [5.41, 5.74) is 3.46. The van der Waals surface area contributed by atoms with Crippen molar-refractivity contribution in [2.45, 2.75) is 46.1 Å². The van der Waals surface area contributed by atoms with Crippen LogP contribution in [0.1, 0.15) is 47.8 Å². The number of nitrogens with zero attached hydrogens (tertiary/aromatic N) is 1. The standard InChI is InChI=1S/C33H34N2O4/c1-33(2,3)39-32(37)35(22-25-13-6-4-7-14-25)23-28-18-10-11-20-30(28)38-24-26-15-12-19-29(21-26)34-31(36)27-16-8-5-9-17-27/h4-21H,22-24H2,1-3H3,(H,34,36). The Morgan fingerprint density at radius 1 is 0.744 bits per heavy atom. The molecule has 0 aromatic heterocycles. The lowest BCUT2D eigenvalue weighted by molar-refractivity contribution is 0.0215. The number of rotatable bonds is 9. The zero-order valence-corrected chi connectivity index (χ0v) is 22.6. The van der Waals surface area contributed by atoms with Crippen molar-refractivity contribution in [2.24, 2.45) is 0 Å². The molecule has 0 atom stereocenters. The van der Waals surface area contributed by atoms with E-state index in [1.54, 1.807) is 17.0 Å². The molecule has 4 aromatic carbocycles. The van der Waals surface area contributed by atoms with Gasteiger partial charge in [0, 0.05) is 23.4 Å². The molecule has 4 aromatic rings. The molecule has 0 aliphatic carbocycles. The van der Waals surface area contributed by atoms with Crippen LogP contribution in [0.4, 0.5) is 10.5 Å². The molecular weight excluding hydrogens is 488 g/mol. The van der Waals surface area contributed by atoms with Crippen molar-refractivity contribution in [1.29, 1.82) is 0 Å². The summed E-state index contributed by atoms with van der Waals surface area (Å²) in [6, 6.07) is 34.2. The maximum Gasteiger partial charge on any atom is 0.410 e. The Morgan fingerprint density at radius 3 is 2.10 bits per heavy atom. The molecule has 0 bridgehead atoms. The van der Waals surface area contributed by atoms with Crippen molar-refractivity contribution in [1.82, 2.24) is 4.90 Å². The molecule has 0 spiro atoms. The third kappa shape index (κ3) is 8.47. The first-order valence-corrected chi connectivity index (χ1v) is 12.9. The molecule has 0 radical (unpaired) electrons. The molecule has 1 N–H and O–H groups in total. The lowest BCUT2D eigenvalue weighted by Gasteiger charge is -2.28. The third-order valence-corrected chi connectivity index (χ3v) is 5.82. The van der Waals surface area contributed by atoms with E-state index in [1.165, 1.54) is 0 Å². The number of carbonyl (C=O) groups is 2. The number of amides is 2. The van der Waals surface area contributed by atoms with Crippen molar-refractivity contribution in [3.8, 4) is 5.75 Å². The second-order valence-electron chi connectivity index (χ2n) is 10.2. The van der Waals surface area contributed by atoms with Gasteiger partial charge in [-0.05, 0) is 62.2 Å². The summed E-state index contributed by atoms with van der Waals surface area (Å²) in [6.07, 6.45) is -0.386. The van der Waals surface area contributed by atoms with Gasteiger partial charge in [-0.15, -0.1) is 0 Å². The quantitative estimate of drug-likeness (QED) is 0.248. The largest absolute Gasteiger partial charge is 0.489 e. The number of nitrogens with one attached hydrogen (secondary N) is 1. The van der Waals surface area contributed by atoms with Gasteiger partial charge in [0.25, 0.3) is 5.91 Å². The highest BCUT2D eigenvalue weighted by atomic mass is 16.6. The first kappa shape index (κ1) is 27.5. The van der Waals surface area contributed by atoms with E-state index in [0.717, 1.165) is 16.7 Å². The normalized spacial score (nSPS) is 10.9. The Kier molecular flexibility index (Phi) is 9.00. The minimum atomic E-state index is -0.608. The Balaban J connectivity index is 1.46. The fraction of sp³-hybridized carbons (Fsp3) is 0.212. The van der Waals surface area contributed by atoms with Gasteiger partial charge in [-0.1, -0.05) is 78.9 Å². The summed E-state index contributed by atoms with van der Waals surface area (Å²) >= 11 is 0. The predicted molar refractivity (Wildman–Crippen MR) is 154 cm³/mol. The van der Waals surface area contributed by atoms with Crippen molar-refractivity contribution < 1.29 is 19.1 Å². The van der Waals surface area contributed by atoms with Crippen LogP contribution in [-0.2, 0) is 24.4 Å². The van der Waals surface area contributed by atoms with E-state index >= 15 is 0 Å². The van der Waals surface area contributed by atoms with Gasteiger partial charge < -0.3 is 14.8 Å². The number of ether oxygens (including phenoxy) is 2. The van der Waals surface area contributed by atoms with Gasteiger partial charge in [-0.2, -0.15) is 0 Å². The van der Waals surface area contributed by atoms with Gasteiger partial charge >= 0.3 is 6.09 Å². The zero-order chi connectivity index (χ0) is 27.7. The molecule has 2 amide bonds. The van der Waals surface area contributed by atoms with E-state index in [1.807, 2.05) is 118 Å². The third-order valence-electron chi connectivity index (χ3n) is 5.82. The van der Waals surface area contributed by atoms with E-state index in [0.29, 0.717) is 36.7 Å². The predicted octanol–water partition coefficient (Wildman–Crippen LogP) is 7.46. The van der Waals surface area contributed by atoms with Crippen LogP contribution < -0.4 is 10.1 Å². The maximum atomic E-state index is 13.1. The van der Waals surface area contributed by atoms with Crippen LogP contribution in [0.5, 0.6) is 5.75 Å². The smallest absolute Gasteiger partial charge is 0.410 e. The summed E-state index contributed by atoms with van der Waals surface area (Å²) in [6.45, 7) is 6.62. The Morgan fingerprint density at radius 2 is 1.38 bits per heavy atom. The lowest BCUT2D eigenvalue weighted by Crippen LogP contribution is -2.36. The van der Waals surface area contributed by atoms with Gasteiger partial charge in [0.1, 0.15) is 18.0 Å². The van der Waals surface area contributed by atoms with Crippen LogP contribution >= 0.6 is 0 Å². The number of anilines is 1. The molecule has 0 aliphatic rings. The summed E-state index contributed by atoms with van der Waals surface area (Å²) in [7, 11) is 0. The minimum absolute atomic E-state index is 0.167. The second-order valence-corrected chi connectivity index (χ2v) is 10.2. The number of carbonyl (C=O) groups excluding carboxylic acids is 2. The van der Waals surface area contributed by atoms with Gasteiger partial charge in [-0.3, -0.25) is 9.69 Å². The Bertz CT molecular complexity index is 1380. The molecule has 6 nitrogen and oxygen atoms in total. The zero-order valence-electron chi connectivity index (χ0n) is 22.6. The van der Waals surface area contributed by atoms with Gasteiger partial charge in [0.2, 0.25) is 0 Å². The van der Waals surface area contributed by atoms with E-state index in [2.05, 4.69) is 5.32 Å². The average molecular weight is 523 g/mol. The highest BCUT2D eigenvalue weighted by Crippen LogP contribution is 2.24. The number of benzene rings is 4. The molecule has 0 aliphatic heterocycles. The minimum Gasteiger partial charge on any atom is -0.489 e. The second kappa shape index (κ2) is 12.8. The molecule has 0 saturated heterocycles. The maximum absolute atomic E-state index is 13.1. The molecule has 0 heterocycles. The van der Waals surface area contributed by atoms with Crippen LogP contribution in [0.25, 0.3) is 0 Å². The fourth-order valence-corrected chi connectivity index (χ4v) is 3.99. The van der Waals surface area contributed by atoms with Crippen LogP contribution in [-0.4, -0.2) is 22.5 Å². The molecule has 4 rings (SSSR count). The van der Waals surface area contributed by atoms with Gasteiger partial charge in [0.05, 0.1) is 6.54 Å². The summed E-state index contributed by atoms with van der Waals surface area (Å²) in [5, 5.41) is 2.94. The van der Waals surface area contributed by atoms with Crippen LogP contribution in [0.2, 0.25) is 0 Å². The SMILES string of the molecule is CC(C)(C)OC(=O)N(Cc1ccccc1)Cc1ccccc1OCc1cccc(NC(=O)c2ccccc2)c1. The van der Waals surface area contributed by atoms with Crippen molar-refractivity contribution >= 4 is 17.7 Å². The fourth-order valence-electron chi connectivity index (χ4n) is 3.99. The van der Waals surface area contributed by atoms with Crippen molar-refractivity contribution in [2.75, 3.05) is 5.32 Å². The van der Waals surface area contributed by atoms with Crippen molar-refractivity contribution in [3.63, 3.8) is 0 Å². The Labute approximate surface area is 230 Å². The van der Waals surface area contributed by atoms with Gasteiger partial charge in [-0.25, -0.2) is 4.79 Å². The number of para-hydroxylation sites is 1. The molecule has 200 valence electrons. The monoisotopic (exact) mass is 522 g/mol. The molecule has 0 unspecified atom stereocenters. The molecule has 39 heavy (non-hydrogen) atoms. The summed E-state index contributed by atoms with van der Waals surface area (Å²) < 4.78 is 11.9. The average Bonchev–Trinajstić information content (AvgIpc) is 2.92. The first-order valence-electron chi connectivity index (χ1n) is 12.9. The van der Waals surface area contributed by atoms with Gasteiger partial charge in [0.15, 0.2) is 0 Å². The topological polar surface area (TPSA) is 67.9 Å². The number of hydrogen-bond donors (Lipinski definition) is 1. The van der Waals surface area contributed by atoms with E-state index in [-0.39, 0.29) is 12.0 Å². The summed E-state index contributed by atoms with van der Waals surface area (Å²) in [5.74, 6) is 0.512. The Hall–Kier alpha value is -4.58. The van der Waals surface area contributed by atoms with Crippen molar-refractivity contribution in [3.05, 3.63) is 131 Å². The van der Waals surface area contributed by atoms with E-state index < -0.39 is 5.60 Å². The number of hydrogen-bond acceptors (Lipinski definition) is 4. The van der Waals surface area contributed by atoms with E-state index in [9.17, 15) is 9.59 Å². The van der Waals surface area contributed by atoms with Crippen LogP contribution in [0.15, 0.2) is 109 Å². The van der Waals surface area contributed by atoms with Crippen LogP contribution in [0.3, 0.4) is 0 Å². The van der Waals surface area contributed by atoms with Crippen LogP contribution in [0, 0.1) is 0 Å². The molecule has 0 saturated carbocycles. The highest BCUT2D eigenvalue weighted by molar-refractivity contribution is 6.04. The lowest BCUT2D eigenvalue weighted by atomic mass is 10.1. The molecular formula is C33H34N2O4. The van der Waals surface area contributed by atoms with E-state index in [4.69, 9.17) is 9.47 Å².